The van der Waals surface area contributed by atoms with Crippen LogP contribution in [0.3, 0.4) is 0 Å². The molecule has 0 atom stereocenters. The lowest BCUT2D eigenvalue weighted by Gasteiger charge is -2.13. The number of thiophene rings is 1. The van der Waals surface area contributed by atoms with E-state index in [0.29, 0.717) is 0 Å². The summed E-state index contributed by atoms with van der Waals surface area (Å²) in [6, 6.07) is 1.01. The Morgan fingerprint density at radius 1 is 1.60 bits per heavy atom. The first-order valence-electron chi connectivity index (χ1n) is 4.99. The largest absolute Gasteiger partial charge is 0.465 e. The first kappa shape index (κ1) is 17.4. The monoisotopic (exact) mass is 393 g/mol. The van der Waals surface area contributed by atoms with E-state index in [9.17, 15) is 22.0 Å². The average molecular weight is 394 g/mol. The summed E-state index contributed by atoms with van der Waals surface area (Å²) in [4.78, 5) is 10.9. The van der Waals surface area contributed by atoms with Gasteiger partial charge in [-0.15, -0.1) is 11.3 Å². The number of carbonyl (C=O) groups excluding carboxylic acids is 1. The third-order valence-electron chi connectivity index (χ3n) is 2.08. The number of carbonyl (C=O) groups is 1. The van der Waals surface area contributed by atoms with Crippen molar-refractivity contribution in [3.8, 4) is 0 Å². The van der Waals surface area contributed by atoms with Crippen molar-refractivity contribution < 1.29 is 31.8 Å². The number of methoxy groups -OCH3 is 1. The van der Waals surface area contributed by atoms with Gasteiger partial charge in [-0.3, -0.25) is 0 Å². The van der Waals surface area contributed by atoms with Gasteiger partial charge in [-0.25, -0.2) is 26.7 Å². The fraction of sp³-hybridized carbons (Fsp3) is 0.444. The topological polar surface area (TPSA) is 92.7 Å². The third-order valence-corrected chi connectivity index (χ3v) is 5.72. The van der Waals surface area contributed by atoms with Crippen LogP contribution in [0.5, 0.6) is 0 Å². The molecule has 11 heteroatoms. The molecule has 0 unspecified atom stereocenters. The second-order valence-electron chi connectivity index (χ2n) is 3.58. The molecule has 1 heterocycles. The fourth-order valence-corrected chi connectivity index (χ4v) is 4.61. The van der Waals surface area contributed by atoms with Crippen LogP contribution in [0.25, 0.3) is 0 Å². The summed E-state index contributed by atoms with van der Waals surface area (Å²) in [6.07, 6.45) is 0. The number of sulfonamides is 1. The highest BCUT2D eigenvalue weighted by molar-refractivity contribution is 9.11. The van der Waals surface area contributed by atoms with Crippen LogP contribution >= 0.6 is 27.3 Å². The number of alkyl halides is 2. The van der Waals surface area contributed by atoms with Crippen molar-refractivity contribution >= 4 is 43.3 Å². The summed E-state index contributed by atoms with van der Waals surface area (Å²) in [5, 5.41) is 8.37. The summed E-state index contributed by atoms with van der Waals surface area (Å²) >= 11 is 3.74. The number of nitrogens with one attached hydrogen (secondary N) is 1. The molecule has 20 heavy (non-hydrogen) atoms. The highest BCUT2D eigenvalue weighted by Crippen LogP contribution is 2.32. The van der Waals surface area contributed by atoms with Gasteiger partial charge >= 0.3 is 5.97 Å². The van der Waals surface area contributed by atoms with E-state index in [-0.39, 0.29) is 13.6 Å². The molecule has 0 aliphatic rings. The lowest BCUT2D eigenvalue weighted by atomic mass is 10.4. The molecule has 0 saturated carbocycles. The Hall–Kier alpha value is -0.620. The second-order valence-corrected chi connectivity index (χ2v) is 7.68. The van der Waals surface area contributed by atoms with Crippen LogP contribution < -0.4 is 4.72 Å². The van der Waals surface area contributed by atoms with Crippen LogP contribution in [0.4, 0.5) is 8.78 Å². The summed E-state index contributed by atoms with van der Waals surface area (Å²) < 4.78 is 55.5. The lowest BCUT2D eigenvalue weighted by molar-refractivity contribution is -0.0437. The van der Waals surface area contributed by atoms with Gasteiger partial charge in [0.15, 0.2) is 0 Å². The molecule has 0 spiro atoms. The zero-order valence-corrected chi connectivity index (χ0v) is 13.2. The minimum absolute atomic E-state index is 0.00803. The van der Waals surface area contributed by atoms with E-state index in [1.54, 1.807) is 4.72 Å². The number of halogens is 3. The number of ether oxygens (including phenoxy) is 1. The van der Waals surface area contributed by atoms with Crippen molar-refractivity contribution in [1.29, 1.82) is 0 Å². The summed E-state index contributed by atoms with van der Waals surface area (Å²) in [5.41, 5.74) is 0. The Labute approximate surface area is 125 Å². The highest BCUT2D eigenvalue weighted by atomic mass is 79.9. The zero-order chi connectivity index (χ0) is 15.6. The van der Waals surface area contributed by atoms with E-state index in [2.05, 4.69) is 20.7 Å². The van der Waals surface area contributed by atoms with Crippen LogP contribution in [0.1, 0.15) is 9.67 Å². The van der Waals surface area contributed by atoms with Crippen molar-refractivity contribution in [3.63, 3.8) is 0 Å². The first-order valence-corrected chi connectivity index (χ1v) is 8.08. The van der Waals surface area contributed by atoms with Gasteiger partial charge in [-0.05, 0) is 22.0 Å². The summed E-state index contributed by atoms with van der Waals surface area (Å²) in [5.74, 6) is -4.31. The van der Waals surface area contributed by atoms with Gasteiger partial charge in [0.2, 0.25) is 10.0 Å². The summed E-state index contributed by atoms with van der Waals surface area (Å²) in [6.45, 7) is -2.73. The van der Waals surface area contributed by atoms with Gasteiger partial charge in [-0.2, -0.15) is 0 Å². The molecule has 0 amide bonds. The van der Waals surface area contributed by atoms with E-state index >= 15 is 0 Å². The molecule has 0 aromatic carbocycles. The Morgan fingerprint density at radius 2 is 2.20 bits per heavy atom. The molecule has 6 nitrogen and oxygen atoms in total. The van der Waals surface area contributed by atoms with Crippen LogP contribution in [0, 0.1) is 0 Å². The van der Waals surface area contributed by atoms with Crippen LogP contribution in [0.2, 0.25) is 0 Å². The van der Waals surface area contributed by atoms with Gasteiger partial charge in [0.25, 0.3) is 5.92 Å². The maximum atomic E-state index is 12.8. The Morgan fingerprint density at radius 3 is 2.70 bits per heavy atom. The molecule has 114 valence electrons. The van der Waals surface area contributed by atoms with Gasteiger partial charge in [0, 0.05) is 0 Å². The van der Waals surface area contributed by atoms with Crippen molar-refractivity contribution in [1.82, 2.24) is 4.72 Å². The van der Waals surface area contributed by atoms with Crippen LogP contribution in [0.15, 0.2) is 14.7 Å². The average Bonchev–Trinajstić information content (AvgIpc) is 2.79. The minimum Gasteiger partial charge on any atom is -0.465 e. The predicted octanol–water partition coefficient (Wildman–Crippen LogP) is 1.20. The fourth-order valence-electron chi connectivity index (χ4n) is 1.07. The smallest absolute Gasteiger partial charge is 0.348 e. The molecule has 1 aromatic rings. The number of hydrogen-bond acceptors (Lipinski definition) is 6. The van der Waals surface area contributed by atoms with Crippen molar-refractivity contribution in [2.75, 3.05) is 20.3 Å². The molecule has 0 saturated heterocycles. The van der Waals surface area contributed by atoms with Gasteiger partial charge < -0.3 is 9.84 Å². The standard InChI is InChI=1S/C9H10BrF2NO5S2/c1-18-8(15)5-2-6(7(10)19-5)20(16,17)13-3-9(11,12)4-14/h2,13-14H,3-4H2,1H3. The van der Waals surface area contributed by atoms with Crippen LogP contribution in [-0.4, -0.2) is 45.7 Å². The van der Waals surface area contributed by atoms with Gasteiger partial charge in [-0.1, -0.05) is 0 Å². The predicted molar refractivity (Wildman–Crippen MR) is 70.6 cm³/mol. The number of rotatable bonds is 6. The van der Waals surface area contributed by atoms with Crippen molar-refractivity contribution in [2.24, 2.45) is 0 Å². The molecule has 0 radical (unpaired) electrons. The Kier molecular flexibility index (Phi) is 5.61. The lowest BCUT2D eigenvalue weighted by Crippen LogP contribution is -2.38. The Bertz CT molecular complexity index is 601. The Balaban J connectivity index is 2.99. The third kappa shape index (κ3) is 4.19. The second kappa shape index (κ2) is 6.43. The zero-order valence-electron chi connectivity index (χ0n) is 10.0. The van der Waals surface area contributed by atoms with E-state index in [1.807, 2.05) is 0 Å². The molecule has 0 bridgehead atoms. The molecule has 1 rings (SSSR count). The maximum Gasteiger partial charge on any atom is 0.348 e. The molecule has 0 aliphatic carbocycles. The summed E-state index contributed by atoms with van der Waals surface area (Å²) in [7, 11) is -3.11. The van der Waals surface area contributed by atoms with Gasteiger partial charge in [0.1, 0.15) is 16.4 Å². The quantitative estimate of drug-likeness (QED) is 0.708. The number of aliphatic hydroxyl groups excluding tert-OH is 1. The molecule has 0 aliphatic heterocycles. The van der Waals surface area contributed by atoms with E-state index < -0.39 is 35.1 Å². The number of esters is 1. The molecule has 0 fully saturated rings. The van der Waals surface area contributed by atoms with Crippen molar-refractivity contribution in [2.45, 2.75) is 10.8 Å². The van der Waals surface area contributed by atoms with Gasteiger partial charge in [0.05, 0.1) is 17.4 Å². The normalized spacial score (nSPS) is 12.4. The van der Waals surface area contributed by atoms with Crippen molar-refractivity contribution in [3.05, 3.63) is 14.7 Å². The van der Waals surface area contributed by atoms with E-state index in [4.69, 9.17) is 5.11 Å². The molecular formula is C9H10BrF2NO5S2. The number of hydrogen-bond donors (Lipinski definition) is 2. The maximum absolute atomic E-state index is 12.8. The first-order chi connectivity index (χ1) is 9.13. The highest BCUT2D eigenvalue weighted by Gasteiger charge is 2.31. The van der Waals surface area contributed by atoms with E-state index in [0.717, 1.165) is 24.5 Å². The van der Waals surface area contributed by atoms with E-state index in [1.165, 1.54) is 0 Å². The molecule has 2 N–H and O–H groups in total. The molecule has 1 aromatic heterocycles. The minimum atomic E-state index is -4.24. The number of aliphatic hydroxyl groups is 1. The van der Waals surface area contributed by atoms with Crippen LogP contribution in [-0.2, 0) is 14.8 Å². The molecular weight excluding hydrogens is 384 g/mol. The SMILES string of the molecule is COC(=O)c1cc(S(=O)(=O)NCC(F)(F)CO)c(Br)s1.